The van der Waals surface area contributed by atoms with Gasteiger partial charge in [0.05, 0.1) is 0 Å². The maximum Gasteiger partial charge on any atom is 0.181 e. The molecule has 0 aliphatic heterocycles. The van der Waals surface area contributed by atoms with Crippen LogP contribution in [0.3, 0.4) is 0 Å². The lowest BCUT2D eigenvalue weighted by Crippen LogP contribution is -2.53. The van der Waals surface area contributed by atoms with Gasteiger partial charge in [-0.05, 0) is 35.3 Å². The van der Waals surface area contributed by atoms with Gasteiger partial charge in [0, 0.05) is 0 Å². The molecule has 0 radical (unpaired) electrons. The van der Waals surface area contributed by atoms with Crippen LogP contribution in [0.4, 0.5) is 0 Å². The minimum atomic E-state index is -1.50. The average molecular weight is 275 g/mol. The van der Waals surface area contributed by atoms with E-state index in [-0.39, 0.29) is 0 Å². The third kappa shape index (κ3) is 3.68. The van der Waals surface area contributed by atoms with Gasteiger partial charge in [-0.2, -0.15) is 0 Å². The molecule has 0 saturated carbocycles. The molecule has 0 aliphatic rings. The lowest BCUT2D eigenvalue weighted by Gasteiger charge is -2.45. The van der Waals surface area contributed by atoms with Crippen molar-refractivity contribution in [1.82, 2.24) is 0 Å². The van der Waals surface area contributed by atoms with Crippen LogP contribution in [-0.4, -0.2) is 16.6 Å². The summed E-state index contributed by atoms with van der Waals surface area (Å²) in [5, 5.41) is 0. The zero-order chi connectivity index (χ0) is 13.7. The number of hydrogen-bond acceptors (Lipinski definition) is 1. The SMILES string of the molecule is CC[Si](CC)(O[Si](CC)(CC)C(C)C)C(C)C. The van der Waals surface area contributed by atoms with Crippen LogP contribution in [0.2, 0.25) is 35.3 Å². The van der Waals surface area contributed by atoms with Gasteiger partial charge in [-0.3, -0.25) is 0 Å². The first-order chi connectivity index (χ1) is 7.84. The van der Waals surface area contributed by atoms with Crippen LogP contribution in [0.1, 0.15) is 55.4 Å². The predicted molar refractivity (Wildman–Crippen MR) is 84.7 cm³/mol. The molecule has 0 fully saturated rings. The molecule has 0 amide bonds. The molecule has 17 heavy (non-hydrogen) atoms. The summed E-state index contributed by atoms with van der Waals surface area (Å²) in [5.41, 5.74) is 1.50. The van der Waals surface area contributed by atoms with Crippen molar-refractivity contribution in [2.24, 2.45) is 0 Å². The van der Waals surface area contributed by atoms with Crippen LogP contribution in [0.25, 0.3) is 0 Å². The zero-order valence-corrected chi connectivity index (χ0v) is 15.4. The molecule has 0 rings (SSSR count). The second-order valence-corrected chi connectivity index (χ2v) is 16.2. The summed E-state index contributed by atoms with van der Waals surface area (Å²) >= 11 is 0. The molecular weight excluding hydrogens is 240 g/mol. The van der Waals surface area contributed by atoms with E-state index >= 15 is 0 Å². The van der Waals surface area contributed by atoms with E-state index in [0.29, 0.717) is 0 Å². The second-order valence-electron chi connectivity index (χ2n) is 5.96. The molecule has 104 valence electrons. The molecule has 0 aromatic carbocycles. The maximum atomic E-state index is 7.02. The summed E-state index contributed by atoms with van der Waals surface area (Å²) in [6.45, 7) is 18.9. The standard InChI is InChI=1S/C14H34OSi2/c1-9-16(10-2,13(5)6)15-17(11-3,12-4)14(7)8/h13-14H,9-12H2,1-8H3. The fraction of sp³-hybridized carbons (Fsp3) is 1.00. The van der Waals surface area contributed by atoms with E-state index in [1.165, 1.54) is 24.2 Å². The summed E-state index contributed by atoms with van der Waals surface area (Å²) in [4.78, 5) is 0. The molecule has 1 nitrogen and oxygen atoms in total. The smallest absolute Gasteiger partial charge is 0.181 e. The molecule has 0 bridgehead atoms. The molecule has 0 aliphatic carbocycles. The van der Waals surface area contributed by atoms with E-state index in [2.05, 4.69) is 55.4 Å². The lowest BCUT2D eigenvalue weighted by molar-refractivity contribution is 0.479. The van der Waals surface area contributed by atoms with Crippen molar-refractivity contribution in [2.75, 3.05) is 0 Å². The average Bonchev–Trinajstić information content (AvgIpc) is 2.31. The quantitative estimate of drug-likeness (QED) is 0.509. The van der Waals surface area contributed by atoms with Crippen molar-refractivity contribution in [3.8, 4) is 0 Å². The molecule has 0 unspecified atom stereocenters. The Morgan fingerprint density at radius 3 is 1.00 bits per heavy atom. The Balaban J connectivity index is 5.18. The molecule has 3 heteroatoms. The third-order valence-electron chi connectivity index (χ3n) is 4.90. The minimum absolute atomic E-state index is 0.751. The van der Waals surface area contributed by atoms with Crippen LogP contribution < -0.4 is 0 Å². The van der Waals surface area contributed by atoms with Crippen molar-refractivity contribution in [3.63, 3.8) is 0 Å². The Bertz CT molecular complexity index is 184. The van der Waals surface area contributed by atoms with Crippen LogP contribution in [0.5, 0.6) is 0 Å². The Labute approximate surface area is 112 Å². The number of rotatable bonds is 8. The molecule has 0 spiro atoms. The predicted octanol–water partition coefficient (Wildman–Crippen LogP) is 5.79. The van der Waals surface area contributed by atoms with Gasteiger partial charge < -0.3 is 4.12 Å². The van der Waals surface area contributed by atoms with E-state index in [9.17, 15) is 0 Å². The van der Waals surface area contributed by atoms with Crippen molar-refractivity contribution >= 4 is 16.6 Å². The number of hydrogen-bond donors (Lipinski definition) is 0. The van der Waals surface area contributed by atoms with Gasteiger partial charge in [0.1, 0.15) is 0 Å². The first kappa shape index (κ1) is 17.4. The Kier molecular flexibility index (Phi) is 7.26. The Morgan fingerprint density at radius 2 is 0.882 bits per heavy atom. The highest BCUT2D eigenvalue weighted by molar-refractivity contribution is 6.88. The topological polar surface area (TPSA) is 9.23 Å². The van der Waals surface area contributed by atoms with Crippen LogP contribution in [-0.2, 0) is 4.12 Å². The van der Waals surface area contributed by atoms with E-state index < -0.39 is 16.6 Å². The third-order valence-corrected chi connectivity index (χ3v) is 17.2. The minimum Gasteiger partial charge on any atom is -0.454 e. The van der Waals surface area contributed by atoms with Crippen LogP contribution >= 0.6 is 0 Å². The van der Waals surface area contributed by atoms with E-state index in [4.69, 9.17) is 4.12 Å². The van der Waals surface area contributed by atoms with Gasteiger partial charge in [0.25, 0.3) is 0 Å². The molecular formula is C14H34OSi2. The first-order valence-electron chi connectivity index (χ1n) is 7.54. The van der Waals surface area contributed by atoms with Gasteiger partial charge in [0.2, 0.25) is 0 Å². The zero-order valence-electron chi connectivity index (χ0n) is 13.4. The van der Waals surface area contributed by atoms with Crippen molar-refractivity contribution < 1.29 is 4.12 Å². The fourth-order valence-electron chi connectivity index (χ4n) is 3.06. The molecule has 0 saturated heterocycles. The Hall–Kier alpha value is 0.394. The first-order valence-corrected chi connectivity index (χ1v) is 12.3. The van der Waals surface area contributed by atoms with Crippen LogP contribution in [0.15, 0.2) is 0 Å². The van der Waals surface area contributed by atoms with Gasteiger partial charge in [-0.1, -0.05) is 55.4 Å². The Morgan fingerprint density at radius 1 is 0.647 bits per heavy atom. The monoisotopic (exact) mass is 274 g/mol. The van der Waals surface area contributed by atoms with Gasteiger partial charge in [0.15, 0.2) is 16.6 Å². The largest absolute Gasteiger partial charge is 0.454 e. The molecule has 0 N–H and O–H groups in total. The van der Waals surface area contributed by atoms with Gasteiger partial charge in [-0.15, -0.1) is 0 Å². The summed E-state index contributed by atoms with van der Waals surface area (Å²) in [7, 11) is -3.00. The summed E-state index contributed by atoms with van der Waals surface area (Å²) in [6.07, 6.45) is 0. The van der Waals surface area contributed by atoms with Crippen LogP contribution in [0, 0.1) is 0 Å². The van der Waals surface area contributed by atoms with E-state index in [1.54, 1.807) is 0 Å². The summed E-state index contributed by atoms with van der Waals surface area (Å²) < 4.78 is 7.02. The highest BCUT2D eigenvalue weighted by Crippen LogP contribution is 2.39. The highest BCUT2D eigenvalue weighted by atomic mass is 28.4. The second kappa shape index (κ2) is 7.10. The van der Waals surface area contributed by atoms with Crippen molar-refractivity contribution in [1.29, 1.82) is 0 Å². The van der Waals surface area contributed by atoms with Crippen molar-refractivity contribution in [3.05, 3.63) is 0 Å². The summed E-state index contributed by atoms with van der Waals surface area (Å²) in [6, 6.07) is 5.12. The molecule has 0 heterocycles. The lowest BCUT2D eigenvalue weighted by atomic mass is 10.6. The van der Waals surface area contributed by atoms with E-state index in [0.717, 1.165) is 11.1 Å². The van der Waals surface area contributed by atoms with Gasteiger partial charge >= 0.3 is 0 Å². The molecule has 0 aromatic heterocycles. The highest BCUT2D eigenvalue weighted by Gasteiger charge is 2.45. The summed E-state index contributed by atoms with van der Waals surface area (Å²) in [5.74, 6) is 0. The van der Waals surface area contributed by atoms with E-state index in [1.807, 2.05) is 0 Å². The van der Waals surface area contributed by atoms with Gasteiger partial charge in [-0.25, -0.2) is 0 Å². The maximum absolute atomic E-state index is 7.02. The fourth-order valence-corrected chi connectivity index (χ4v) is 14.8. The van der Waals surface area contributed by atoms with Crippen molar-refractivity contribution in [2.45, 2.75) is 90.6 Å². The molecule has 0 atom stereocenters. The normalized spacial score (nSPS) is 13.8. The molecule has 0 aromatic rings.